The van der Waals surface area contributed by atoms with E-state index < -0.39 is 11.4 Å². The van der Waals surface area contributed by atoms with Crippen molar-refractivity contribution in [2.75, 3.05) is 6.54 Å². The van der Waals surface area contributed by atoms with Crippen LogP contribution in [-0.2, 0) is 9.59 Å². The Bertz CT molecular complexity index is 491. The molecule has 0 aliphatic rings. The van der Waals surface area contributed by atoms with Crippen molar-refractivity contribution in [3.05, 3.63) is 35.4 Å². The summed E-state index contributed by atoms with van der Waals surface area (Å²) in [4.78, 5) is 23.0. The maximum absolute atomic E-state index is 12.0. The number of aliphatic carboxylic acids is 1. The van der Waals surface area contributed by atoms with Crippen LogP contribution in [0.3, 0.4) is 0 Å². The van der Waals surface area contributed by atoms with E-state index in [2.05, 4.69) is 24.4 Å². The summed E-state index contributed by atoms with van der Waals surface area (Å²) in [5.41, 5.74) is 1.40. The summed E-state index contributed by atoms with van der Waals surface area (Å²) in [6.07, 6.45) is 1.26. The molecule has 0 aliphatic heterocycles. The van der Waals surface area contributed by atoms with Crippen LogP contribution in [0.2, 0.25) is 0 Å². The average Bonchev–Trinajstić information content (AvgIpc) is 2.43. The molecule has 0 aromatic heterocycles. The minimum absolute atomic E-state index is 0.100. The van der Waals surface area contributed by atoms with Crippen molar-refractivity contribution in [3.63, 3.8) is 0 Å². The van der Waals surface area contributed by atoms with E-state index >= 15 is 0 Å². The summed E-state index contributed by atoms with van der Waals surface area (Å²) >= 11 is 0. The van der Waals surface area contributed by atoms with Gasteiger partial charge in [-0.2, -0.15) is 0 Å². The highest BCUT2D eigenvalue weighted by Crippen LogP contribution is 2.23. The third kappa shape index (κ3) is 5.21. The minimum atomic E-state index is -0.943. The van der Waals surface area contributed by atoms with Crippen LogP contribution in [-0.4, -0.2) is 23.5 Å². The molecule has 21 heavy (non-hydrogen) atoms. The molecule has 0 spiro atoms. The van der Waals surface area contributed by atoms with Crippen LogP contribution >= 0.6 is 0 Å². The van der Waals surface area contributed by atoms with Crippen molar-refractivity contribution in [2.24, 2.45) is 5.41 Å². The second-order valence-electron chi connectivity index (χ2n) is 6.19. The Morgan fingerprint density at radius 2 is 1.81 bits per heavy atom. The number of carboxylic acid groups (broad SMARTS) is 1. The van der Waals surface area contributed by atoms with Crippen LogP contribution in [0.4, 0.5) is 0 Å². The molecular weight excluding hydrogens is 266 g/mol. The lowest BCUT2D eigenvalue weighted by Crippen LogP contribution is -2.39. The lowest BCUT2D eigenvalue weighted by molar-refractivity contribution is -0.146. The molecule has 4 heteroatoms. The number of amides is 1. The lowest BCUT2D eigenvalue weighted by atomic mass is 9.91. The molecule has 0 heterocycles. The van der Waals surface area contributed by atoms with Crippen molar-refractivity contribution in [2.45, 2.75) is 46.5 Å². The first-order valence-corrected chi connectivity index (χ1v) is 7.33. The van der Waals surface area contributed by atoms with Crippen LogP contribution in [0.1, 0.15) is 50.7 Å². The summed E-state index contributed by atoms with van der Waals surface area (Å²) in [6.45, 7) is 7.44. The van der Waals surface area contributed by atoms with E-state index in [9.17, 15) is 9.59 Å². The Balaban J connectivity index is 2.59. The van der Waals surface area contributed by atoms with Gasteiger partial charge in [-0.15, -0.1) is 0 Å². The van der Waals surface area contributed by atoms with Crippen molar-refractivity contribution in [1.29, 1.82) is 0 Å². The Morgan fingerprint density at radius 1 is 1.24 bits per heavy atom. The van der Waals surface area contributed by atoms with E-state index in [0.29, 0.717) is 6.42 Å². The number of hydrogen-bond acceptors (Lipinski definition) is 2. The molecule has 1 aromatic rings. The molecular formula is C17H25NO3. The number of carbonyl (C=O) groups excluding carboxylic acids is 1. The van der Waals surface area contributed by atoms with Gasteiger partial charge in [0, 0.05) is 13.0 Å². The Kier molecular flexibility index (Phi) is 5.94. The molecule has 0 bridgehead atoms. The first-order valence-electron chi connectivity index (χ1n) is 7.33. The van der Waals surface area contributed by atoms with Crippen molar-refractivity contribution >= 4 is 11.9 Å². The number of nitrogens with one attached hydrogen (secondary N) is 1. The fourth-order valence-corrected chi connectivity index (χ4v) is 2.03. The van der Waals surface area contributed by atoms with E-state index in [-0.39, 0.29) is 18.4 Å². The highest BCUT2D eigenvalue weighted by atomic mass is 16.4. The van der Waals surface area contributed by atoms with Gasteiger partial charge in [-0.25, -0.2) is 0 Å². The van der Waals surface area contributed by atoms with Gasteiger partial charge in [0.2, 0.25) is 5.91 Å². The molecule has 2 N–H and O–H groups in total. The zero-order chi connectivity index (χ0) is 16.0. The minimum Gasteiger partial charge on any atom is -0.481 e. The number of aryl methyl sites for hydroxylation is 1. The summed E-state index contributed by atoms with van der Waals surface area (Å²) in [6, 6.07) is 8.20. The van der Waals surface area contributed by atoms with Gasteiger partial charge in [-0.1, -0.05) is 36.8 Å². The van der Waals surface area contributed by atoms with Crippen molar-refractivity contribution in [3.8, 4) is 0 Å². The van der Waals surface area contributed by atoms with E-state index in [1.165, 1.54) is 5.56 Å². The summed E-state index contributed by atoms with van der Waals surface area (Å²) in [5.74, 6) is -0.844. The number of carboxylic acids is 1. The first-order chi connectivity index (χ1) is 9.76. The topological polar surface area (TPSA) is 66.4 Å². The molecule has 0 fully saturated rings. The maximum atomic E-state index is 12.0. The van der Waals surface area contributed by atoms with Gasteiger partial charge in [0.15, 0.2) is 0 Å². The predicted octanol–water partition coefficient (Wildman–Crippen LogP) is 3.11. The van der Waals surface area contributed by atoms with Gasteiger partial charge in [-0.3, -0.25) is 9.59 Å². The maximum Gasteiger partial charge on any atom is 0.310 e. The van der Waals surface area contributed by atoms with Crippen LogP contribution in [0.25, 0.3) is 0 Å². The van der Waals surface area contributed by atoms with Crippen LogP contribution in [0, 0.1) is 12.3 Å². The first kappa shape index (κ1) is 17.2. The number of carbonyl (C=O) groups is 2. The SMILES string of the molecule is CCC(CC(=O)NCC(C)(C)C(=O)O)c1ccc(C)cc1. The smallest absolute Gasteiger partial charge is 0.310 e. The molecule has 1 unspecified atom stereocenters. The Hall–Kier alpha value is -1.84. The number of rotatable bonds is 7. The van der Waals surface area contributed by atoms with Crippen molar-refractivity contribution in [1.82, 2.24) is 5.32 Å². The molecule has 116 valence electrons. The number of hydrogen-bond donors (Lipinski definition) is 2. The zero-order valence-electron chi connectivity index (χ0n) is 13.3. The molecule has 0 saturated heterocycles. The van der Waals surface area contributed by atoms with Gasteiger partial charge in [-0.05, 0) is 38.7 Å². The predicted molar refractivity (Wildman–Crippen MR) is 83.3 cm³/mol. The second kappa shape index (κ2) is 7.25. The van der Waals surface area contributed by atoms with E-state index in [4.69, 9.17) is 5.11 Å². The molecule has 1 aromatic carbocycles. The normalized spacial score (nSPS) is 12.8. The van der Waals surface area contributed by atoms with Gasteiger partial charge >= 0.3 is 5.97 Å². The van der Waals surface area contributed by atoms with Crippen LogP contribution in [0.5, 0.6) is 0 Å². The highest BCUT2D eigenvalue weighted by Gasteiger charge is 2.27. The van der Waals surface area contributed by atoms with Gasteiger partial charge in [0.1, 0.15) is 0 Å². The zero-order valence-corrected chi connectivity index (χ0v) is 13.3. The quantitative estimate of drug-likeness (QED) is 0.811. The van der Waals surface area contributed by atoms with Crippen molar-refractivity contribution < 1.29 is 14.7 Å². The standard InChI is InChI=1S/C17H25NO3/c1-5-13(14-8-6-12(2)7-9-14)10-15(19)18-11-17(3,4)16(20)21/h6-9,13H,5,10-11H2,1-4H3,(H,18,19)(H,20,21). The van der Waals surface area contributed by atoms with Crippen LogP contribution in [0.15, 0.2) is 24.3 Å². The largest absolute Gasteiger partial charge is 0.481 e. The average molecular weight is 291 g/mol. The highest BCUT2D eigenvalue weighted by molar-refractivity contribution is 5.79. The Labute approximate surface area is 126 Å². The Morgan fingerprint density at radius 3 is 2.29 bits per heavy atom. The van der Waals surface area contributed by atoms with E-state index in [1.54, 1.807) is 13.8 Å². The monoisotopic (exact) mass is 291 g/mol. The van der Waals surface area contributed by atoms with Gasteiger partial charge in [0.25, 0.3) is 0 Å². The second-order valence-corrected chi connectivity index (χ2v) is 6.19. The third-order valence-electron chi connectivity index (χ3n) is 3.78. The lowest BCUT2D eigenvalue weighted by Gasteiger charge is -2.21. The molecule has 4 nitrogen and oxygen atoms in total. The molecule has 1 rings (SSSR count). The van der Waals surface area contributed by atoms with E-state index in [1.807, 2.05) is 19.1 Å². The van der Waals surface area contributed by atoms with Gasteiger partial charge in [0.05, 0.1) is 5.41 Å². The fourth-order valence-electron chi connectivity index (χ4n) is 2.03. The summed E-state index contributed by atoms with van der Waals surface area (Å²) in [7, 11) is 0. The summed E-state index contributed by atoms with van der Waals surface area (Å²) in [5, 5.41) is 11.8. The van der Waals surface area contributed by atoms with E-state index in [0.717, 1.165) is 12.0 Å². The molecule has 0 radical (unpaired) electrons. The summed E-state index contributed by atoms with van der Waals surface area (Å²) < 4.78 is 0. The van der Waals surface area contributed by atoms with Gasteiger partial charge < -0.3 is 10.4 Å². The fraction of sp³-hybridized carbons (Fsp3) is 0.529. The molecule has 1 atom stereocenters. The van der Waals surface area contributed by atoms with Crippen LogP contribution < -0.4 is 5.32 Å². The number of benzene rings is 1. The third-order valence-corrected chi connectivity index (χ3v) is 3.78. The molecule has 1 amide bonds. The molecule has 0 saturated carbocycles. The molecule has 0 aliphatic carbocycles.